The van der Waals surface area contributed by atoms with Crippen LogP contribution in [0, 0.1) is 0 Å². The number of allylic oxidation sites excluding steroid dienone is 1. The zero-order chi connectivity index (χ0) is 20.7. The van der Waals surface area contributed by atoms with Crippen molar-refractivity contribution in [2.45, 2.75) is 51.9 Å². The molecule has 2 fully saturated rings. The molecule has 8 heteroatoms. The van der Waals surface area contributed by atoms with Crippen LogP contribution in [0.25, 0.3) is 0 Å². The van der Waals surface area contributed by atoms with Gasteiger partial charge in [0.1, 0.15) is 12.2 Å². The monoisotopic (exact) mass is 396 g/mol. The molecule has 3 aliphatic rings. The summed E-state index contributed by atoms with van der Waals surface area (Å²) >= 11 is 0. The lowest BCUT2D eigenvalue weighted by atomic mass is 10.1. The molecule has 2 saturated heterocycles. The van der Waals surface area contributed by atoms with Crippen molar-refractivity contribution >= 4 is 17.6 Å². The summed E-state index contributed by atoms with van der Waals surface area (Å²) in [7, 11) is 1.75. The summed E-state index contributed by atoms with van der Waals surface area (Å²) in [6, 6.07) is 9.39. The van der Waals surface area contributed by atoms with Crippen molar-refractivity contribution in [1.29, 1.82) is 0 Å². The van der Waals surface area contributed by atoms with Crippen LogP contribution in [-0.2, 0) is 11.3 Å². The molecule has 4 rings (SSSR count). The van der Waals surface area contributed by atoms with E-state index in [1.165, 1.54) is 4.90 Å². The average Bonchev–Trinajstić information content (AvgIpc) is 3.12. The molecule has 0 spiro atoms. The van der Waals surface area contributed by atoms with Gasteiger partial charge in [-0.3, -0.25) is 20.0 Å². The smallest absolute Gasteiger partial charge is 0.310 e. The number of nitrogens with one attached hydrogen (secondary N) is 1. The number of nitrogens with zero attached hydrogens (tertiary/aromatic N) is 5. The largest absolute Gasteiger partial charge is 0.328 e. The second-order valence-corrected chi connectivity index (χ2v) is 7.79. The first-order valence-electron chi connectivity index (χ1n) is 10.0. The number of hydrogen-bond donors (Lipinski definition) is 1. The van der Waals surface area contributed by atoms with E-state index >= 15 is 0 Å². The van der Waals surface area contributed by atoms with E-state index in [2.05, 4.69) is 29.3 Å². The first kappa shape index (κ1) is 19.6. The number of rotatable bonds is 4. The van der Waals surface area contributed by atoms with Gasteiger partial charge in [-0.1, -0.05) is 42.5 Å². The quantitative estimate of drug-likeness (QED) is 0.783. The van der Waals surface area contributed by atoms with Crippen LogP contribution < -0.4 is 5.32 Å². The van der Waals surface area contributed by atoms with Gasteiger partial charge in [0.05, 0.1) is 18.3 Å². The van der Waals surface area contributed by atoms with Gasteiger partial charge in [0, 0.05) is 13.6 Å². The van der Waals surface area contributed by atoms with Gasteiger partial charge in [-0.15, -0.1) is 0 Å². The number of urea groups is 1. The summed E-state index contributed by atoms with van der Waals surface area (Å²) in [5.74, 6) is -0.160. The van der Waals surface area contributed by atoms with E-state index in [1.807, 2.05) is 49.2 Å². The third-order valence-electron chi connectivity index (χ3n) is 6.02. The number of hydrazone groups is 1. The first-order valence-corrected chi connectivity index (χ1v) is 10.0. The maximum absolute atomic E-state index is 13.3. The highest BCUT2D eigenvalue weighted by molar-refractivity contribution is 6.01. The molecule has 8 nitrogen and oxygen atoms in total. The second-order valence-electron chi connectivity index (χ2n) is 7.79. The van der Waals surface area contributed by atoms with Crippen molar-refractivity contribution in [3.63, 3.8) is 0 Å². The van der Waals surface area contributed by atoms with Crippen LogP contribution in [0.4, 0.5) is 4.79 Å². The van der Waals surface area contributed by atoms with Crippen LogP contribution in [0.5, 0.6) is 0 Å². The van der Waals surface area contributed by atoms with Gasteiger partial charge >= 0.3 is 6.03 Å². The SMILES string of the molecule is C/C=C/CN1C(=O)C2C(NC3N(Cc4ccccc4)N=C(C)C(C)N23)N(C)C1=O. The molecule has 0 saturated carbocycles. The standard InChI is InChI=1S/C21H28N6O2/c1-5-6-12-25-19(28)17-18(24(4)21(25)29)22-20-26(13-16-10-8-7-9-11-16)23-14(2)15(3)27(17)20/h5-11,15,17-18,20,22H,12-13H2,1-4H3/b6-5+. The number of imide groups is 1. The van der Waals surface area contributed by atoms with Gasteiger partial charge in [0.2, 0.25) is 0 Å². The number of carbonyl (C=O) groups is 2. The Morgan fingerprint density at radius 3 is 2.62 bits per heavy atom. The fourth-order valence-corrected chi connectivity index (χ4v) is 4.32. The topological polar surface area (TPSA) is 71.5 Å². The molecule has 3 aliphatic heterocycles. The third kappa shape index (κ3) is 3.22. The van der Waals surface area contributed by atoms with Crippen molar-refractivity contribution in [3.8, 4) is 0 Å². The number of hydrogen-bond acceptors (Lipinski definition) is 6. The summed E-state index contributed by atoms with van der Waals surface area (Å²) in [6.45, 7) is 6.84. The lowest BCUT2D eigenvalue weighted by molar-refractivity contribution is -0.139. The first-order chi connectivity index (χ1) is 13.9. The lowest BCUT2D eigenvalue weighted by Crippen LogP contribution is -2.67. The Kier molecular flexibility index (Phi) is 5.14. The molecule has 4 atom stereocenters. The van der Waals surface area contributed by atoms with Crippen LogP contribution >= 0.6 is 0 Å². The molecule has 3 amide bonds. The average molecular weight is 396 g/mol. The van der Waals surface area contributed by atoms with Crippen LogP contribution in [0.2, 0.25) is 0 Å². The Hall–Kier alpha value is -2.71. The summed E-state index contributed by atoms with van der Waals surface area (Å²) in [5.41, 5.74) is 2.09. The van der Waals surface area contributed by atoms with Gasteiger partial charge in [-0.25, -0.2) is 9.69 Å². The predicted octanol–water partition coefficient (Wildman–Crippen LogP) is 1.62. The molecule has 1 aromatic rings. The van der Waals surface area contributed by atoms with Crippen molar-refractivity contribution in [1.82, 2.24) is 25.0 Å². The van der Waals surface area contributed by atoms with Crippen LogP contribution in [-0.4, -0.2) is 75.5 Å². The van der Waals surface area contributed by atoms with Gasteiger partial charge < -0.3 is 4.90 Å². The van der Waals surface area contributed by atoms with E-state index < -0.39 is 6.04 Å². The molecule has 0 aromatic heterocycles. The molecule has 0 bridgehead atoms. The van der Waals surface area contributed by atoms with Gasteiger partial charge in [0.15, 0.2) is 6.29 Å². The molecular weight excluding hydrogens is 368 g/mol. The van der Waals surface area contributed by atoms with E-state index in [0.29, 0.717) is 6.54 Å². The third-order valence-corrected chi connectivity index (χ3v) is 6.02. The van der Waals surface area contributed by atoms with E-state index in [-0.39, 0.29) is 37.0 Å². The molecule has 1 N–H and O–H groups in total. The zero-order valence-corrected chi connectivity index (χ0v) is 17.3. The lowest BCUT2D eigenvalue weighted by Gasteiger charge is -2.44. The second kappa shape index (κ2) is 7.61. The molecule has 4 unspecified atom stereocenters. The number of likely N-dealkylation sites (N-methyl/N-ethyl adjacent to an activating group) is 1. The van der Waals surface area contributed by atoms with Gasteiger partial charge in [-0.05, 0) is 26.3 Å². The number of benzene rings is 1. The maximum Gasteiger partial charge on any atom is 0.328 e. The van der Waals surface area contributed by atoms with Crippen molar-refractivity contribution in [2.24, 2.45) is 5.10 Å². The van der Waals surface area contributed by atoms with Crippen molar-refractivity contribution < 1.29 is 9.59 Å². The van der Waals surface area contributed by atoms with Crippen molar-refractivity contribution in [3.05, 3.63) is 48.0 Å². The number of carbonyl (C=O) groups excluding carboxylic acids is 2. The zero-order valence-electron chi connectivity index (χ0n) is 17.3. The Bertz CT molecular complexity index is 854. The van der Waals surface area contributed by atoms with E-state index in [4.69, 9.17) is 5.10 Å². The Balaban J connectivity index is 1.67. The fraction of sp³-hybridized carbons (Fsp3) is 0.476. The normalized spacial score (nSPS) is 30.1. The molecule has 3 heterocycles. The van der Waals surface area contributed by atoms with Crippen LogP contribution in [0.3, 0.4) is 0 Å². The van der Waals surface area contributed by atoms with Crippen LogP contribution in [0.1, 0.15) is 26.3 Å². The minimum atomic E-state index is -0.452. The summed E-state index contributed by atoms with van der Waals surface area (Å²) < 4.78 is 0. The predicted molar refractivity (Wildman–Crippen MR) is 111 cm³/mol. The summed E-state index contributed by atoms with van der Waals surface area (Å²) in [6.07, 6.45) is 3.04. The highest BCUT2D eigenvalue weighted by atomic mass is 16.2. The minimum Gasteiger partial charge on any atom is -0.310 e. The number of fused-ring (bicyclic) bond motifs is 3. The van der Waals surface area contributed by atoms with E-state index in [0.717, 1.165) is 11.3 Å². The molecule has 0 aliphatic carbocycles. The molecule has 1 aromatic carbocycles. The summed E-state index contributed by atoms with van der Waals surface area (Å²) in [4.78, 5) is 31.3. The van der Waals surface area contributed by atoms with E-state index in [9.17, 15) is 9.59 Å². The maximum atomic E-state index is 13.3. The molecule has 154 valence electrons. The van der Waals surface area contributed by atoms with Crippen molar-refractivity contribution in [2.75, 3.05) is 13.6 Å². The Labute approximate surface area is 171 Å². The summed E-state index contributed by atoms with van der Waals surface area (Å²) in [5, 5.41) is 10.3. The Morgan fingerprint density at radius 2 is 1.93 bits per heavy atom. The van der Waals surface area contributed by atoms with Gasteiger partial charge in [-0.2, -0.15) is 5.10 Å². The van der Waals surface area contributed by atoms with Gasteiger partial charge in [0.25, 0.3) is 5.91 Å². The fourth-order valence-electron chi connectivity index (χ4n) is 4.32. The van der Waals surface area contributed by atoms with E-state index in [1.54, 1.807) is 11.9 Å². The number of amides is 3. The molecular formula is C21H28N6O2. The minimum absolute atomic E-state index is 0.0105. The van der Waals surface area contributed by atoms with Crippen LogP contribution in [0.15, 0.2) is 47.6 Å². The Morgan fingerprint density at radius 1 is 1.21 bits per heavy atom. The molecule has 0 radical (unpaired) electrons. The molecule has 29 heavy (non-hydrogen) atoms. The highest BCUT2D eigenvalue weighted by Gasteiger charge is 2.57. The highest BCUT2D eigenvalue weighted by Crippen LogP contribution is 2.33.